The van der Waals surface area contributed by atoms with E-state index in [-0.39, 0.29) is 32.6 Å². The summed E-state index contributed by atoms with van der Waals surface area (Å²) < 4.78 is 32.5. The number of rotatable bonds is 35. The van der Waals surface area contributed by atoms with Gasteiger partial charge in [0.05, 0.1) is 19.3 Å². The highest BCUT2D eigenvalue weighted by molar-refractivity contribution is 7.47. The highest BCUT2D eigenvalue weighted by Crippen LogP contribution is 2.43. The average molecular weight is 776 g/mol. The monoisotopic (exact) mass is 775 g/mol. The van der Waals surface area contributed by atoms with Crippen LogP contribution >= 0.6 is 7.82 Å². The maximum absolute atomic E-state index is 12.5. The number of hydrogen-bond donors (Lipinski definition) is 3. The third-order valence-corrected chi connectivity index (χ3v) is 8.52. The van der Waals surface area contributed by atoms with Gasteiger partial charge in [-0.25, -0.2) is 4.57 Å². The van der Waals surface area contributed by atoms with E-state index in [1.54, 1.807) is 6.08 Å². The van der Waals surface area contributed by atoms with Crippen LogP contribution in [0.25, 0.3) is 0 Å². The van der Waals surface area contributed by atoms with Gasteiger partial charge in [-0.15, -0.1) is 0 Å². The number of allylic oxidation sites excluding steroid dienone is 14. The smallest absolute Gasteiger partial charge is 0.462 e. The predicted octanol–water partition coefficient (Wildman–Crippen LogP) is 10.0. The second-order valence-corrected chi connectivity index (χ2v) is 14.1. The Morgan fingerprint density at radius 2 is 1.24 bits per heavy atom. The van der Waals surface area contributed by atoms with Crippen molar-refractivity contribution < 1.29 is 42.7 Å². The number of nitrogens with two attached hydrogens (primary N) is 1. The van der Waals surface area contributed by atoms with Gasteiger partial charge in [-0.2, -0.15) is 0 Å². The van der Waals surface area contributed by atoms with Crippen LogP contribution in [0.1, 0.15) is 123 Å². The number of aliphatic hydroxyl groups is 1. The molecule has 0 rings (SSSR count). The number of esters is 2. The van der Waals surface area contributed by atoms with Crippen molar-refractivity contribution in [2.24, 2.45) is 5.73 Å². The van der Waals surface area contributed by atoms with Gasteiger partial charge < -0.3 is 25.2 Å². The molecule has 306 valence electrons. The Bertz CT molecular complexity index is 1220. The second-order valence-electron chi connectivity index (χ2n) is 12.6. The van der Waals surface area contributed by atoms with E-state index in [0.717, 1.165) is 51.4 Å². The summed E-state index contributed by atoms with van der Waals surface area (Å²) in [7, 11) is -4.42. The number of hydrogen-bond acceptors (Lipinski definition) is 9. The summed E-state index contributed by atoms with van der Waals surface area (Å²) in [5, 5.41) is 10.0. The predicted molar refractivity (Wildman–Crippen MR) is 221 cm³/mol. The number of ether oxygens (including phenoxy) is 2. The lowest BCUT2D eigenvalue weighted by molar-refractivity contribution is -0.161. The van der Waals surface area contributed by atoms with Gasteiger partial charge in [0.15, 0.2) is 6.10 Å². The van der Waals surface area contributed by atoms with Crippen molar-refractivity contribution in [1.82, 2.24) is 0 Å². The average Bonchev–Trinajstić information content (AvgIpc) is 3.15. The molecule has 0 amide bonds. The molecule has 11 heteroatoms. The molecule has 0 aliphatic heterocycles. The normalized spacial score (nSPS) is 15.0. The maximum Gasteiger partial charge on any atom is 0.472 e. The topological polar surface area (TPSA) is 155 Å². The molecule has 0 aliphatic rings. The molecule has 0 aromatic carbocycles. The number of phosphoric ester groups is 1. The molecule has 10 nitrogen and oxygen atoms in total. The van der Waals surface area contributed by atoms with Crippen molar-refractivity contribution in [3.05, 3.63) is 97.2 Å². The fourth-order valence-corrected chi connectivity index (χ4v) is 5.35. The summed E-state index contributed by atoms with van der Waals surface area (Å²) >= 11 is 0. The van der Waals surface area contributed by atoms with E-state index in [4.69, 9.17) is 24.3 Å². The Labute approximate surface area is 326 Å². The SMILES string of the molecule is CC/C=C\C/C=C\C/C=C\C/C=C\CCCCC(=O)O[C@H](COC(=O)CCC/C=C\C/C=C\C=C\[C@H](O)C/C=C\CCCCC)COP(=O)(O)OCCN. The first-order valence-electron chi connectivity index (χ1n) is 19.8. The minimum atomic E-state index is -4.42. The van der Waals surface area contributed by atoms with Crippen LogP contribution in [-0.4, -0.2) is 60.5 Å². The van der Waals surface area contributed by atoms with Crippen LogP contribution in [0.4, 0.5) is 0 Å². The van der Waals surface area contributed by atoms with Gasteiger partial charge in [0.2, 0.25) is 0 Å². The van der Waals surface area contributed by atoms with E-state index in [2.05, 4.69) is 68.5 Å². The number of unbranched alkanes of at least 4 members (excludes halogenated alkanes) is 6. The molecule has 0 saturated heterocycles. The number of carbonyl (C=O) groups excluding carboxylic acids is 2. The lowest BCUT2D eigenvalue weighted by Crippen LogP contribution is -2.29. The number of aliphatic hydroxyl groups excluding tert-OH is 1. The van der Waals surface area contributed by atoms with Crippen molar-refractivity contribution >= 4 is 19.8 Å². The zero-order valence-corrected chi connectivity index (χ0v) is 33.9. The first-order chi connectivity index (χ1) is 26.2. The van der Waals surface area contributed by atoms with Crippen LogP contribution in [0.3, 0.4) is 0 Å². The van der Waals surface area contributed by atoms with E-state index in [1.807, 2.05) is 36.5 Å². The van der Waals surface area contributed by atoms with Crippen LogP contribution in [-0.2, 0) is 32.7 Å². The second kappa shape index (κ2) is 38.2. The van der Waals surface area contributed by atoms with E-state index in [0.29, 0.717) is 25.7 Å². The molecule has 0 aliphatic carbocycles. The van der Waals surface area contributed by atoms with Crippen LogP contribution in [0.15, 0.2) is 97.2 Å². The molecule has 54 heavy (non-hydrogen) atoms. The van der Waals surface area contributed by atoms with Gasteiger partial charge in [-0.05, 0) is 83.5 Å². The molecule has 0 saturated carbocycles. The largest absolute Gasteiger partial charge is 0.472 e. The molecule has 0 spiro atoms. The first kappa shape index (κ1) is 50.9. The summed E-state index contributed by atoms with van der Waals surface area (Å²) in [5.74, 6) is -0.995. The molecule has 0 bridgehead atoms. The van der Waals surface area contributed by atoms with Crippen LogP contribution in [0, 0.1) is 0 Å². The Balaban J connectivity index is 4.46. The van der Waals surface area contributed by atoms with E-state index in [9.17, 15) is 24.2 Å². The van der Waals surface area contributed by atoms with Crippen molar-refractivity contribution in [1.29, 1.82) is 0 Å². The lowest BCUT2D eigenvalue weighted by Gasteiger charge is -2.19. The minimum absolute atomic E-state index is 0.0245. The van der Waals surface area contributed by atoms with Crippen LogP contribution in [0.5, 0.6) is 0 Å². The van der Waals surface area contributed by atoms with E-state index >= 15 is 0 Å². The van der Waals surface area contributed by atoms with Crippen molar-refractivity contribution in [2.45, 2.75) is 135 Å². The fraction of sp³-hybridized carbons (Fsp3) is 0.581. The zero-order chi connectivity index (χ0) is 39.8. The highest BCUT2D eigenvalue weighted by atomic mass is 31.2. The summed E-state index contributed by atoms with van der Waals surface area (Å²) in [5.41, 5.74) is 5.32. The maximum atomic E-state index is 12.5. The van der Waals surface area contributed by atoms with Gasteiger partial charge >= 0.3 is 19.8 Å². The summed E-state index contributed by atoms with van der Waals surface area (Å²) in [6, 6.07) is 0. The minimum Gasteiger partial charge on any atom is -0.462 e. The molecule has 0 fully saturated rings. The Morgan fingerprint density at radius 3 is 1.89 bits per heavy atom. The Kier molecular flexibility index (Phi) is 36.0. The Morgan fingerprint density at radius 1 is 0.667 bits per heavy atom. The van der Waals surface area contributed by atoms with Gasteiger partial charge in [0.1, 0.15) is 6.61 Å². The third kappa shape index (κ3) is 37.2. The van der Waals surface area contributed by atoms with Gasteiger partial charge in [-0.3, -0.25) is 18.6 Å². The first-order valence-corrected chi connectivity index (χ1v) is 21.3. The molecule has 0 aromatic heterocycles. The van der Waals surface area contributed by atoms with Gasteiger partial charge in [0.25, 0.3) is 0 Å². The highest BCUT2D eigenvalue weighted by Gasteiger charge is 2.25. The summed E-state index contributed by atoms with van der Waals surface area (Å²) in [6.45, 7) is 3.34. The molecule has 4 N–H and O–H groups in total. The summed E-state index contributed by atoms with van der Waals surface area (Å²) in [4.78, 5) is 34.7. The molecule has 3 atom stereocenters. The lowest BCUT2D eigenvalue weighted by atomic mass is 10.1. The standard InChI is InChI=1S/C43H70NO9P/c1-3-5-7-9-11-12-13-14-15-16-17-18-23-27-31-35-43(47)53-41(39-52-54(48,49)51-37-36-44)38-50-42(46)34-30-26-22-20-19-21-25-29-33-40(45)32-28-24-10-8-6-4-2/h5,7,11-12,14-15,17-18,20-22,24-25,28-29,33,40-41,45H,3-4,6,8-10,13,16,19,23,26-27,30-32,34-39,44H2,1-2H3,(H,48,49)/b7-5-,12-11-,15-14-,18-17-,22-20-,25-21-,28-24-,33-29+/t40-,41-/m1/s1. The van der Waals surface area contributed by atoms with E-state index in [1.165, 1.54) is 19.3 Å². The quantitative estimate of drug-likeness (QED) is 0.0186. The van der Waals surface area contributed by atoms with Gasteiger partial charge in [-0.1, -0.05) is 124 Å². The van der Waals surface area contributed by atoms with Crippen LogP contribution in [0.2, 0.25) is 0 Å². The van der Waals surface area contributed by atoms with Crippen molar-refractivity contribution in [2.75, 3.05) is 26.4 Å². The molecular weight excluding hydrogens is 705 g/mol. The fourth-order valence-electron chi connectivity index (χ4n) is 4.58. The van der Waals surface area contributed by atoms with Crippen molar-refractivity contribution in [3.63, 3.8) is 0 Å². The zero-order valence-electron chi connectivity index (χ0n) is 33.0. The molecule has 1 unspecified atom stereocenters. The van der Waals surface area contributed by atoms with Gasteiger partial charge in [0, 0.05) is 19.4 Å². The molecule has 0 radical (unpaired) electrons. The molecular formula is C43H70NO9P. The number of carbonyl (C=O) groups is 2. The van der Waals surface area contributed by atoms with E-state index < -0.39 is 38.6 Å². The van der Waals surface area contributed by atoms with Crippen molar-refractivity contribution in [3.8, 4) is 0 Å². The third-order valence-electron chi connectivity index (χ3n) is 7.53. The summed E-state index contributed by atoms with van der Waals surface area (Å²) in [6.07, 6.45) is 44.8. The van der Waals surface area contributed by atoms with Crippen LogP contribution < -0.4 is 5.73 Å². The Hall–Kier alpha value is -3.11. The molecule has 0 aromatic rings. The number of phosphoric acid groups is 1. The molecule has 0 heterocycles.